The maximum atomic E-state index is 11.7. The van der Waals surface area contributed by atoms with Gasteiger partial charge in [0, 0.05) is 19.6 Å². The molecule has 0 bridgehead atoms. The second kappa shape index (κ2) is 5.70. The van der Waals surface area contributed by atoms with Crippen molar-refractivity contribution in [2.45, 2.75) is 19.8 Å². The van der Waals surface area contributed by atoms with Crippen molar-refractivity contribution in [1.29, 1.82) is 0 Å². The molecule has 1 saturated heterocycles. The first-order valence-corrected chi connectivity index (χ1v) is 5.35. The minimum atomic E-state index is -0.527. The number of nitrogens with zero attached hydrogens (tertiary/aromatic N) is 2. The Morgan fingerprint density at radius 2 is 1.93 bits per heavy atom. The molecule has 1 N–H and O–H groups in total. The Balaban J connectivity index is 2.43. The SMILES string of the molecule is CCN(CC(=O)N1CCCC1)C(=O)CO. The monoisotopic (exact) mass is 214 g/mol. The fourth-order valence-electron chi connectivity index (χ4n) is 1.71. The lowest BCUT2D eigenvalue weighted by Gasteiger charge is -2.23. The van der Waals surface area contributed by atoms with Crippen molar-refractivity contribution in [3.05, 3.63) is 0 Å². The predicted molar refractivity (Wildman–Crippen MR) is 55.2 cm³/mol. The molecule has 0 aromatic heterocycles. The fourth-order valence-corrected chi connectivity index (χ4v) is 1.71. The van der Waals surface area contributed by atoms with E-state index in [-0.39, 0.29) is 18.4 Å². The number of hydrogen-bond donors (Lipinski definition) is 1. The number of likely N-dealkylation sites (N-methyl/N-ethyl adjacent to an activating group) is 1. The second-order valence-corrected chi connectivity index (χ2v) is 3.65. The van der Waals surface area contributed by atoms with E-state index in [9.17, 15) is 9.59 Å². The standard InChI is InChI=1S/C10H18N2O3/c1-2-11(10(15)8-13)7-9(14)12-5-3-4-6-12/h13H,2-8H2,1H3. The third-order valence-electron chi connectivity index (χ3n) is 2.65. The van der Waals surface area contributed by atoms with Crippen LogP contribution in [0.25, 0.3) is 0 Å². The van der Waals surface area contributed by atoms with Gasteiger partial charge < -0.3 is 14.9 Å². The van der Waals surface area contributed by atoms with Crippen LogP contribution in [-0.4, -0.2) is 59.5 Å². The number of amides is 2. The summed E-state index contributed by atoms with van der Waals surface area (Å²) in [5, 5.41) is 8.70. The number of carbonyl (C=O) groups is 2. The van der Waals surface area contributed by atoms with E-state index in [4.69, 9.17) is 5.11 Å². The number of aliphatic hydroxyl groups is 1. The van der Waals surface area contributed by atoms with Gasteiger partial charge in [0.15, 0.2) is 0 Å². The molecule has 1 fully saturated rings. The minimum Gasteiger partial charge on any atom is -0.387 e. The number of hydrogen-bond acceptors (Lipinski definition) is 3. The van der Waals surface area contributed by atoms with Gasteiger partial charge in [-0.3, -0.25) is 9.59 Å². The lowest BCUT2D eigenvalue weighted by molar-refractivity contribution is -0.141. The topological polar surface area (TPSA) is 60.9 Å². The third-order valence-corrected chi connectivity index (χ3v) is 2.65. The molecule has 0 aliphatic carbocycles. The predicted octanol–water partition coefficient (Wildman–Crippen LogP) is -0.550. The molecule has 86 valence electrons. The van der Waals surface area contributed by atoms with Gasteiger partial charge in [-0.05, 0) is 19.8 Å². The first-order valence-electron chi connectivity index (χ1n) is 5.35. The molecule has 0 saturated carbocycles. The molecule has 1 aliphatic heterocycles. The molecular weight excluding hydrogens is 196 g/mol. The lowest BCUT2D eigenvalue weighted by Crippen LogP contribution is -2.42. The van der Waals surface area contributed by atoms with Crippen molar-refractivity contribution in [2.75, 3.05) is 32.8 Å². The van der Waals surface area contributed by atoms with E-state index in [0.29, 0.717) is 6.54 Å². The molecule has 1 heterocycles. The van der Waals surface area contributed by atoms with Crippen molar-refractivity contribution in [3.8, 4) is 0 Å². The number of likely N-dealkylation sites (tertiary alicyclic amines) is 1. The summed E-state index contributed by atoms with van der Waals surface area (Å²) in [4.78, 5) is 26.0. The first kappa shape index (κ1) is 12.0. The van der Waals surface area contributed by atoms with Crippen LogP contribution in [0.3, 0.4) is 0 Å². The zero-order valence-corrected chi connectivity index (χ0v) is 9.11. The summed E-state index contributed by atoms with van der Waals surface area (Å²) in [6, 6.07) is 0. The Morgan fingerprint density at radius 3 is 2.40 bits per heavy atom. The highest BCUT2D eigenvalue weighted by molar-refractivity contribution is 5.85. The second-order valence-electron chi connectivity index (χ2n) is 3.65. The Bertz CT molecular complexity index is 237. The molecule has 15 heavy (non-hydrogen) atoms. The van der Waals surface area contributed by atoms with Crippen LogP contribution in [0.2, 0.25) is 0 Å². The zero-order valence-electron chi connectivity index (χ0n) is 9.11. The van der Waals surface area contributed by atoms with Crippen molar-refractivity contribution in [3.63, 3.8) is 0 Å². The van der Waals surface area contributed by atoms with Gasteiger partial charge in [-0.1, -0.05) is 0 Å². The summed E-state index contributed by atoms with van der Waals surface area (Å²) < 4.78 is 0. The average molecular weight is 214 g/mol. The van der Waals surface area contributed by atoms with Gasteiger partial charge in [-0.2, -0.15) is 0 Å². The van der Waals surface area contributed by atoms with Gasteiger partial charge in [0.05, 0.1) is 6.54 Å². The van der Waals surface area contributed by atoms with Crippen LogP contribution in [0.5, 0.6) is 0 Å². The molecule has 0 atom stereocenters. The van der Waals surface area contributed by atoms with Crippen molar-refractivity contribution >= 4 is 11.8 Å². The highest BCUT2D eigenvalue weighted by Gasteiger charge is 2.21. The lowest BCUT2D eigenvalue weighted by atomic mass is 10.4. The van der Waals surface area contributed by atoms with Gasteiger partial charge in [-0.15, -0.1) is 0 Å². The maximum absolute atomic E-state index is 11.7. The quantitative estimate of drug-likeness (QED) is 0.683. The van der Waals surface area contributed by atoms with E-state index in [1.807, 2.05) is 0 Å². The van der Waals surface area contributed by atoms with Crippen LogP contribution in [0.15, 0.2) is 0 Å². The van der Waals surface area contributed by atoms with Crippen LogP contribution in [-0.2, 0) is 9.59 Å². The molecule has 2 amide bonds. The first-order chi connectivity index (χ1) is 7.19. The van der Waals surface area contributed by atoms with Crippen molar-refractivity contribution in [2.24, 2.45) is 0 Å². The van der Waals surface area contributed by atoms with Crippen LogP contribution < -0.4 is 0 Å². The summed E-state index contributed by atoms with van der Waals surface area (Å²) in [6.45, 7) is 3.41. The minimum absolute atomic E-state index is 0.0175. The Kier molecular flexibility index (Phi) is 4.55. The summed E-state index contributed by atoms with van der Waals surface area (Å²) in [5.41, 5.74) is 0. The zero-order chi connectivity index (χ0) is 11.3. The summed E-state index contributed by atoms with van der Waals surface area (Å²) in [5.74, 6) is -0.402. The maximum Gasteiger partial charge on any atom is 0.248 e. The molecule has 5 nitrogen and oxygen atoms in total. The van der Waals surface area contributed by atoms with E-state index in [1.54, 1.807) is 11.8 Å². The van der Waals surface area contributed by atoms with Crippen molar-refractivity contribution in [1.82, 2.24) is 9.80 Å². The van der Waals surface area contributed by atoms with E-state index < -0.39 is 6.61 Å². The van der Waals surface area contributed by atoms with Crippen LogP contribution in [0.4, 0.5) is 0 Å². The molecule has 0 aromatic carbocycles. The van der Waals surface area contributed by atoms with Gasteiger partial charge in [0.1, 0.15) is 6.61 Å². The highest BCUT2D eigenvalue weighted by Crippen LogP contribution is 2.07. The number of carbonyl (C=O) groups excluding carboxylic acids is 2. The van der Waals surface area contributed by atoms with Gasteiger partial charge in [0.25, 0.3) is 0 Å². The fraction of sp³-hybridized carbons (Fsp3) is 0.800. The van der Waals surface area contributed by atoms with Gasteiger partial charge >= 0.3 is 0 Å². The highest BCUT2D eigenvalue weighted by atomic mass is 16.3. The molecule has 0 unspecified atom stereocenters. The number of aliphatic hydroxyl groups excluding tert-OH is 1. The van der Waals surface area contributed by atoms with E-state index in [0.717, 1.165) is 25.9 Å². The van der Waals surface area contributed by atoms with Crippen LogP contribution >= 0.6 is 0 Å². The van der Waals surface area contributed by atoms with Crippen LogP contribution in [0, 0.1) is 0 Å². The molecule has 1 aliphatic rings. The largest absolute Gasteiger partial charge is 0.387 e. The smallest absolute Gasteiger partial charge is 0.248 e. The normalized spacial score (nSPS) is 15.5. The van der Waals surface area contributed by atoms with Crippen molar-refractivity contribution < 1.29 is 14.7 Å². The summed E-state index contributed by atoms with van der Waals surface area (Å²) in [6.07, 6.45) is 2.09. The van der Waals surface area contributed by atoms with Gasteiger partial charge in [0.2, 0.25) is 11.8 Å². The molecule has 0 spiro atoms. The van der Waals surface area contributed by atoms with E-state index >= 15 is 0 Å². The molecule has 0 radical (unpaired) electrons. The Labute approximate surface area is 89.7 Å². The molecular formula is C10H18N2O3. The molecule has 1 rings (SSSR count). The average Bonchev–Trinajstić information content (AvgIpc) is 2.77. The molecule has 0 aromatic rings. The molecule has 5 heteroatoms. The summed E-state index contributed by atoms with van der Waals surface area (Å²) in [7, 11) is 0. The van der Waals surface area contributed by atoms with Gasteiger partial charge in [-0.25, -0.2) is 0 Å². The summed E-state index contributed by atoms with van der Waals surface area (Å²) >= 11 is 0. The van der Waals surface area contributed by atoms with E-state index in [2.05, 4.69) is 0 Å². The van der Waals surface area contributed by atoms with E-state index in [1.165, 1.54) is 4.90 Å². The Morgan fingerprint density at radius 1 is 1.33 bits per heavy atom. The van der Waals surface area contributed by atoms with Crippen LogP contribution in [0.1, 0.15) is 19.8 Å². The number of rotatable bonds is 4. The third kappa shape index (κ3) is 3.20. The Hall–Kier alpha value is -1.10.